The second kappa shape index (κ2) is 9.50. The van der Waals surface area contributed by atoms with E-state index in [2.05, 4.69) is 20.4 Å². The topological polar surface area (TPSA) is 131 Å². The number of halogens is 4. The van der Waals surface area contributed by atoms with Gasteiger partial charge in [0.05, 0.1) is 18.8 Å². The first-order chi connectivity index (χ1) is 17.3. The molecular weight excluding hydrogens is 505 g/mol. The molecule has 4 atom stereocenters. The van der Waals surface area contributed by atoms with Gasteiger partial charge in [0.1, 0.15) is 41.8 Å². The van der Waals surface area contributed by atoms with Crippen LogP contribution >= 0.6 is 11.6 Å². The van der Waals surface area contributed by atoms with Gasteiger partial charge in [0.2, 0.25) is 0 Å². The minimum atomic E-state index is -1.60. The average molecular weight is 523 g/mol. The molecule has 0 bridgehead atoms. The molecule has 1 aliphatic heterocycles. The molecule has 10 nitrogen and oxygen atoms in total. The number of hydrogen-bond donors (Lipinski definition) is 3. The fraction of sp³-hybridized carbons (Fsp3) is 0.273. The van der Waals surface area contributed by atoms with Gasteiger partial charge in [0.25, 0.3) is 0 Å². The Bertz CT molecular complexity index is 1390. The smallest absolute Gasteiger partial charge is 0.194 e. The summed E-state index contributed by atoms with van der Waals surface area (Å²) in [4.78, 5) is 4.23. The van der Waals surface area contributed by atoms with E-state index in [9.17, 15) is 28.5 Å². The van der Waals surface area contributed by atoms with Gasteiger partial charge >= 0.3 is 0 Å². The Morgan fingerprint density at radius 1 is 1.14 bits per heavy atom. The zero-order valence-electron chi connectivity index (χ0n) is 18.2. The number of hydrogen-bond acceptors (Lipinski definition) is 8. The number of benzene rings is 2. The highest BCUT2D eigenvalue weighted by Crippen LogP contribution is 2.38. The quantitative estimate of drug-likeness (QED) is 0.341. The molecule has 2 aromatic heterocycles. The van der Waals surface area contributed by atoms with Gasteiger partial charge in [0.15, 0.2) is 23.3 Å². The molecule has 3 N–H and O–H groups in total. The maximum absolute atomic E-state index is 13.7. The molecule has 14 heteroatoms. The molecule has 36 heavy (non-hydrogen) atoms. The van der Waals surface area contributed by atoms with E-state index < -0.39 is 48.4 Å². The Kier molecular flexibility index (Phi) is 6.38. The largest absolute Gasteiger partial charge is 0.506 e. The predicted molar refractivity (Wildman–Crippen MR) is 118 cm³/mol. The number of aliphatic hydroxyl groups excluding tert-OH is 2. The number of rotatable bonds is 5. The lowest BCUT2D eigenvalue weighted by atomic mass is 9.95. The summed E-state index contributed by atoms with van der Waals surface area (Å²) in [6.07, 6.45) is -0.460. The van der Waals surface area contributed by atoms with Gasteiger partial charge in [0, 0.05) is 17.0 Å². The molecule has 0 aliphatic carbocycles. The van der Waals surface area contributed by atoms with E-state index >= 15 is 0 Å². The van der Waals surface area contributed by atoms with Crippen molar-refractivity contribution in [3.63, 3.8) is 0 Å². The normalized spacial score (nSPS) is 22.2. The van der Waals surface area contributed by atoms with Crippen molar-refractivity contribution >= 4 is 11.6 Å². The van der Waals surface area contributed by atoms with Crippen LogP contribution in [0.25, 0.3) is 16.9 Å². The van der Waals surface area contributed by atoms with Crippen molar-refractivity contribution in [1.82, 2.24) is 29.8 Å². The highest BCUT2D eigenvalue weighted by atomic mass is 35.5. The van der Waals surface area contributed by atoms with Crippen LogP contribution in [0.4, 0.5) is 13.2 Å². The van der Waals surface area contributed by atoms with Crippen LogP contribution in [0.2, 0.25) is 5.02 Å². The monoisotopic (exact) mass is 522 g/mol. The number of phenols is 1. The Balaban J connectivity index is 1.48. The zero-order chi connectivity index (χ0) is 25.6. The molecular formula is C22H18ClF3N6O4. The van der Waals surface area contributed by atoms with Gasteiger partial charge in [-0.15, -0.1) is 5.10 Å². The van der Waals surface area contributed by atoms with Crippen molar-refractivity contribution in [2.75, 3.05) is 6.61 Å². The molecule has 0 unspecified atom stereocenters. The summed E-state index contributed by atoms with van der Waals surface area (Å²) in [5.41, 5.74) is 0.228. The third-order valence-corrected chi connectivity index (χ3v) is 6.14. The average Bonchev–Trinajstić information content (AvgIpc) is 3.54. The minimum absolute atomic E-state index is 0.0376. The lowest BCUT2D eigenvalue weighted by Crippen LogP contribution is -2.45. The third kappa shape index (κ3) is 4.30. The molecule has 0 amide bonds. The third-order valence-electron chi connectivity index (χ3n) is 5.91. The number of ether oxygens (including phenoxy) is 1. The van der Waals surface area contributed by atoms with Crippen LogP contribution < -0.4 is 0 Å². The Morgan fingerprint density at radius 2 is 1.89 bits per heavy atom. The molecule has 4 aromatic rings. The minimum Gasteiger partial charge on any atom is -0.506 e. The lowest BCUT2D eigenvalue weighted by Gasteiger charge is -2.38. The van der Waals surface area contributed by atoms with Gasteiger partial charge in [-0.05, 0) is 30.3 Å². The number of phenolic OH excluding ortho intramolecular Hbond substituents is 1. The summed E-state index contributed by atoms with van der Waals surface area (Å²) < 4.78 is 49.2. The Labute approximate surface area is 206 Å². The summed E-state index contributed by atoms with van der Waals surface area (Å²) in [7, 11) is 0. The zero-order valence-corrected chi connectivity index (χ0v) is 19.0. The van der Waals surface area contributed by atoms with E-state index in [0.29, 0.717) is 5.02 Å². The van der Waals surface area contributed by atoms with E-state index in [1.807, 2.05) is 0 Å². The summed E-state index contributed by atoms with van der Waals surface area (Å²) >= 11 is 6.06. The van der Waals surface area contributed by atoms with Crippen molar-refractivity contribution in [3.8, 4) is 22.7 Å². The SMILES string of the molecule is OC[C@H]1O[C@@H](c2ncnn2-c2cc(Cl)ccc2O)C[C@@H](n2cc(-c3cc(F)c(F)c(F)c3)nn2)[C@H]1O. The summed E-state index contributed by atoms with van der Waals surface area (Å²) in [6.45, 7) is -0.541. The van der Waals surface area contributed by atoms with Gasteiger partial charge in [-0.25, -0.2) is 27.5 Å². The maximum atomic E-state index is 13.7. The van der Waals surface area contributed by atoms with Crippen LogP contribution in [0.3, 0.4) is 0 Å². The molecule has 0 radical (unpaired) electrons. The summed E-state index contributed by atoms with van der Waals surface area (Å²) in [5.74, 6) is -4.22. The van der Waals surface area contributed by atoms with Crippen LogP contribution in [0.5, 0.6) is 5.75 Å². The molecule has 0 saturated carbocycles. The van der Waals surface area contributed by atoms with Crippen molar-refractivity contribution < 1.29 is 33.2 Å². The van der Waals surface area contributed by atoms with Crippen LogP contribution in [-0.2, 0) is 4.74 Å². The van der Waals surface area contributed by atoms with E-state index in [4.69, 9.17) is 16.3 Å². The first-order valence-electron chi connectivity index (χ1n) is 10.7. The maximum Gasteiger partial charge on any atom is 0.194 e. The molecule has 188 valence electrons. The molecule has 2 aromatic carbocycles. The first kappa shape index (κ1) is 24.2. The van der Waals surface area contributed by atoms with Gasteiger partial charge < -0.3 is 20.1 Å². The van der Waals surface area contributed by atoms with E-state index in [1.54, 1.807) is 0 Å². The van der Waals surface area contributed by atoms with Gasteiger partial charge in [-0.3, -0.25) is 0 Å². The van der Waals surface area contributed by atoms with E-state index in [1.165, 1.54) is 40.1 Å². The Hall–Kier alpha value is -3.52. The molecule has 0 spiro atoms. The van der Waals surface area contributed by atoms with Crippen molar-refractivity contribution in [1.29, 1.82) is 0 Å². The molecule has 5 rings (SSSR count). The van der Waals surface area contributed by atoms with Crippen LogP contribution in [0.1, 0.15) is 24.4 Å². The lowest BCUT2D eigenvalue weighted by molar-refractivity contribution is -0.161. The Morgan fingerprint density at radius 3 is 2.61 bits per heavy atom. The number of aliphatic hydroxyl groups is 2. The van der Waals surface area contributed by atoms with Crippen LogP contribution in [0.15, 0.2) is 42.9 Å². The molecule has 3 heterocycles. The first-order valence-corrected chi connectivity index (χ1v) is 11.0. The highest BCUT2D eigenvalue weighted by Gasteiger charge is 2.41. The standard InChI is InChI=1S/C22H18ClF3N6O4/c23-11-1-2-17(34)15(5-11)32-22(27-9-28-32)18-6-16(21(35)19(8-33)36-18)31-7-14(29-30-31)10-3-12(24)20(26)13(25)4-10/h1-5,7,9,16,18-19,21,33-35H,6,8H2/t16-,18-,19-,21-/m1/s1. The molecule has 1 fully saturated rings. The highest BCUT2D eigenvalue weighted by molar-refractivity contribution is 6.30. The van der Waals surface area contributed by atoms with E-state index in [0.717, 1.165) is 12.1 Å². The van der Waals surface area contributed by atoms with Gasteiger partial charge in [-0.1, -0.05) is 16.8 Å². The van der Waals surface area contributed by atoms with Crippen LogP contribution in [-0.4, -0.2) is 63.9 Å². The van der Waals surface area contributed by atoms with Gasteiger partial charge in [-0.2, -0.15) is 5.10 Å². The van der Waals surface area contributed by atoms with Crippen molar-refractivity contribution in [2.24, 2.45) is 0 Å². The molecule has 1 aliphatic rings. The number of aromatic nitrogens is 6. The fourth-order valence-electron chi connectivity index (χ4n) is 4.13. The summed E-state index contributed by atoms with van der Waals surface area (Å²) in [6, 6.07) is 5.14. The molecule has 1 saturated heterocycles. The van der Waals surface area contributed by atoms with Crippen molar-refractivity contribution in [2.45, 2.75) is 30.8 Å². The van der Waals surface area contributed by atoms with Crippen molar-refractivity contribution in [3.05, 3.63) is 71.2 Å². The van der Waals surface area contributed by atoms with E-state index in [-0.39, 0.29) is 34.9 Å². The fourth-order valence-corrected chi connectivity index (χ4v) is 4.30. The summed E-state index contributed by atoms with van der Waals surface area (Å²) in [5, 5.41) is 43.3. The van der Waals surface area contributed by atoms with Crippen LogP contribution in [0, 0.1) is 17.5 Å². The second-order valence-electron chi connectivity index (χ2n) is 8.14. The number of nitrogens with zero attached hydrogens (tertiary/aromatic N) is 6. The second-order valence-corrected chi connectivity index (χ2v) is 8.58. The predicted octanol–water partition coefficient (Wildman–Crippen LogP) is 2.73. The number of aromatic hydroxyl groups is 1.